The summed E-state index contributed by atoms with van der Waals surface area (Å²) < 4.78 is 0.987. The molecule has 0 radical (unpaired) electrons. The number of carboxylic acids is 1. The van der Waals surface area contributed by atoms with Crippen LogP contribution in [0.3, 0.4) is 0 Å². The number of benzene rings is 1. The zero-order valence-electron chi connectivity index (χ0n) is 9.50. The smallest absolute Gasteiger partial charge is 0.303 e. The van der Waals surface area contributed by atoms with Gasteiger partial charge in [-0.25, -0.2) is 0 Å². The van der Waals surface area contributed by atoms with Crippen molar-refractivity contribution in [3.63, 3.8) is 0 Å². The highest BCUT2D eigenvalue weighted by Crippen LogP contribution is 2.20. The van der Waals surface area contributed by atoms with E-state index in [-0.39, 0.29) is 18.7 Å². The molecule has 5 heteroatoms. The molecular formula is C12H14BrNO3. The standard InChI is InChI=1S/C12H14BrNO3/c1-8-7-9(5-6-10(8)13)14-11(15)3-2-4-12(16)17/h5-7H,2-4H2,1H3,(H,14,15)(H,16,17). The minimum atomic E-state index is -0.878. The van der Waals surface area contributed by atoms with Crippen molar-refractivity contribution in [1.82, 2.24) is 0 Å². The van der Waals surface area contributed by atoms with Crippen molar-refractivity contribution in [3.8, 4) is 0 Å². The second-order valence-electron chi connectivity index (χ2n) is 3.76. The van der Waals surface area contributed by atoms with E-state index in [1.807, 2.05) is 19.1 Å². The third-order valence-corrected chi connectivity index (χ3v) is 3.13. The van der Waals surface area contributed by atoms with Crippen LogP contribution >= 0.6 is 15.9 Å². The van der Waals surface area contributed by atoms with Crippen LogP contribution in [0.5, 0.6) is 0 Å². The zero-order valence-corrected chi connectivity index (χ0v) is 11.1. The second-order valence-corrected chi connectivity index (χ2v) is 4.61. The maximum absolute atomic E-state index is 11.5. The fourth-order valence-electron chi connectivity index (χ4n) is 1.35. The van der Waals surface area contributed by atoms with Crippen molar-refractivity contribution in [2.24, 2.45) is 0 Å². The van der Waals surface area contributed by atoms with E-state index in [0.29, 0.717) is 6.42 Å². The summed E-state index contributed by atoms with van der Waals surface area (Å²) in [6.45, 7) is 1.93. The van der Waals surface area contributed by atoms with Crippen LogP contribution in [0, 0.1) is 6.92 Å². The second kappa shape index (κ2) is 6.39. The number of hydrogen-bond donors (Lipinski definition) is 2. The fourth-order valence-corrected chi connectivity index (χ4v) is 1.59. The summed E-state index contributed by atoms with van der Waals surface area (Å²) in [5.74, 6) is -1.04. The van der Waals surface area contributed by atoms with Gasteiger partial charge in [0.15, 0.2) is 0 Å². The van der Waals surface area contributed by atoms with Crippen LogP contribution in [-0.2, 0) is 9.59 Å². The highest BCUT2D eigenvalue weighted by Gasteiger charge is 2.05. The van der Waals surface area contributed by atoms with Gasteiger partial charge in [-0.1, -0.05) is 15.9 Å². The molecule has 1 aromatic carbocycles. The lowest BCUT2D eigenvalue weighted by atomic mass is 10.2. The number of anilines is 1. The number of carboxylic acid groups (broad SMARTS) is 1. The number of rotatable bonds is 5. The van der Waals surface area contributed by atoms with Gasteiger partial charge in [0.1, 0.15) is 0 Å². The number of hydrogen-bond acceptors (Lipinski definition) is 2. The summed E-state index contributed by atoms with van der Waals surface area (Å²) in [5.41, 5.74) is 1.76. The molecule has 0 bridgehead atoms. The number of carbonyl (C=O) groups excluding carboxylic acids is 1. The lowest BCUT2D eigenvalue weighted by Gasteiger charge is -2.06. The van der Waals surface area contributed by atoms with Crippen LogP contribution in [0.1, 0.15) is 24.8 Å². The van der Waals surface area contributed by atoms with Gasteiger partial charge in [0.2, 0.25) is 5.91 Å². The Morgan fingerprint density at radius 1 is 1.35 bits per heavy atom. The van der Waals surface area contributed by atoms with Crippen LogP contribution in [-0.4, -0.2) is 17.0 Å². The van der Waals surface area contributed by atoms with Gasteiger partial charge < -0.3 is 10.4 Å². The van der Waals surface area contributed by atoms with Gasteiger partial charge in [0.25, 0.3) is 0 Å². The lowest BCUT2D eigenvalue weighted by molar-refractivity contribution is -0.137. The fraction of sp³-hybridized carbons (Fsp3) is 0.333. The molecule has 2 N–H and O–H groups in total. The molecule has 92 valence electrons. The average Bonchev–Trinajstić information content (AvgIpc) is 2.23. The molecule has 0 aromatic heterocycles. The highest BCUT2D eigenvalue weighted by atomic mass is 79.9. The van der Waals surface area contributed by atoms with Crippen LogP contribution in [0.2, 0.25) is 0 Å². The predicted octanol–water partition coefficient (Wildman–Crippen LogP) is 2.95. The SMILES string of the molecule is Cc1cc(NC(=O)CCCC(=O)O)ccc1Br. The normalized spacial score (nSPS) is 10.0. The molecular weight excluding hydrogens is 286 g/mol. The first-order chi connectivity index (χ1) is 7.99. The van der Waals surface area contributed by atoms with Crippen LogP contribution in [0.4, 0.5) is 5.69 Å². The van der Waals surface area contributed by atoms with E-state index in [1.165, 1.54) is 0 Å². The molecule has 1 rings (SSSR count). The highest BCUT2D eigenvalue weighted by molar-refractivity contribution is 9.10. The van der Waals surface area contributed by atoms with Gasteiger partial charge in [-0.3, -0.25) is 9.59 Å². The maximum Gasteiger partial charge on any atom is 0.303 e. The quantitative estimate of drug-likeness (QED) is 0.878. The van der Waals surface area contributed by atoms with Crippen molar-refractivity contribution >= 4 is 33.5 Å². The van der Waals surface area contributed by atoms with E-state index < -0.39 is 5.97 Å². The van der Waals surface area contributed by atoms with E-state index in [0.717, 1.165) is 15.7 Å². The van der Waals surface area contributed by atoms with Gasteiger partial charge in [-0.15, -0.1) is 0 Å². The monoisotopic (exact) mass is 299 g/mol. The minimum absolute atomic E-state index is 0.0206. The van der Waals surface area contributed by atoms with Gasteiger partial charge in [0.05, 0.1) is 0 Å². The number of aliphatic carboxylic acids is 1. The van der Waals surface area contributed by atoms with Crippen molar-refractivity contribution in [1.29, 1.82) is 0 Å². The third kappa shape index (κ3) is 4.99. The predicted molar refractivity (Wildman–Crippen MR) is 69.0 cm³/mol. The molecule has 0 aliphatic carbocycles. The largest absolute Gasteiger partial charge is 0.481 e. The Hall–Kier alpha value is -1.36. The summed E-state index contributed by atoms with van der Waals surface area (Å²) in [4.78, 5) is 21.8. The summed E-state index contributed by atoms with van der Waals surface area (Å²) in [5, 5.41) is 11.2. The average molecular weight is 300 g/mol. The van der Waals surface area contributed by atoms with E-state index in [1.54, 1.807) is 6.07 Å². The molecule has 1 amide bonds. The molecule has 0 unspecified atom stereocenters. The van der Waals surface area contributed by atoms with Crippen molar-refractivity contribution in [3.05, 3.63) is 28.2 Å². The van der Waals surface area contributed by atoms with E-state index in [2.05, 4.69) is 21.2 Å². The minimum Gasteiger partial charge on any atom is -0.481 e. The maximum atomic E-state index is 11.5. The van der Waals surface area contributed by atoms with Gasteiger partial charge in [-0.05, 0) is 37.1 Å². The van der Waals surface area contributed by atoms with Crippen LogP contribution in [0.25, 0.3) is 0 Å². The molecule has 0 aliphatic rings. The molecule has 0 fully saturated rings. The Morgan fingerprint density at radius 3 is 2.65 bits per heavy atom. The number of halogens is 1. The molecule has 1 aromatic rings. The van der Waals surface area contributed by atoms with Crippen molar-refractivity contribution in [2.75, 3.05) is 5.32 Å². The first-order valence-electron chi connectivity index (χ1n) is 5.27. The molecule has 4 nitrogen and oxygen atoms in total. The number of carbonyl (C=O) groups is 2. The van der Waals surface area contributed by atoms with Crippen molar-refractivity contribution < 1.29 is 14.7 Å². The Kier molecular flexibility index (Phi) is 5.15. The Morgan fingerprint density at radius 2 is 2.06 bits per heavy atom. The molecule has 0 heterocycles. The van der Waals surface area contributed by atoms with E-state index in [4.69, 9.17) is 5.11 Å². The van der Waals surface area contributed by atoms with Gasteiger partial charge in [0, 0.05) is 23.0 Å². The van der Waals surface area contributed by atoms with Gasteiger partial charge >= 0.3 is 5.97 Å². The van der Waals surface area contributed by atoms with Gasteiger partial charge in [-0.2, -0.15) is 0 Å². The van der Waals surface area contributed by atoms with Crippen molar-refractivity contribution in [2.45, 2.75) is 26.2 Å². The number of aryl methyl sites for hydroxylation is 1. The molecule has 0 saturated heterocycles. The Labute approximate surface area is 108 Å². The lowest BCUT2D eigenvalue weighted by Crippen LogP contribution is -2.11. The summed E-state index contributed by atoms with van der Waals surface area (Å²) in [7, 11) is 0. The summed E-state index contributed by atoms with van der Waals surface area (Å²) in [6.07, 6.45) is 0.602. The topological polar surface area (TPSA) is 66.4 Å². The summed E-state index contributed by atoms with van der Waals surface area (Å²) >= 11 is 3.38. The molecule has 0 saturated carbocycles. The third-order valence-electron chi connectivity index (χ3n) is 2.24. The molecule has 0 atom stereocenters. The Balaban J connectivity index is 2.45. The van der Waals surface area contributed by atoms with Crippen LogP contribution in [0.15, 0.2) is 22.7 Å². The first-order valence-corrected chi connectivity index (χ1v) is 6.06. The molecule has 0 spiro atoms. The zero-order chi connectivity index (χ0) is 12.8. The summed E-state index contributed by atoms with van der Waals surface area (Å²) in [6, 6.07) is 5.52. The molecule has 0 aliphatic heterocycles. The van der Waals surface area contributed by atoms with E-state index in [9.17, 15) is 9.59 Å². The first kappa shape index (κ1) is 13.7. The number of nitrogens with one attached hydrogen (secondary N) is 1. The Bertz CT molecular complexity index is 432. The van der Waals surface area contributed by atoms with Crippen LogP contribution < -0.4 is 5.32 Å². The van der Waals surface area contributed by atoms with E-state index >= 15 is 0 Å². The number of amides is 1. The molecule has 17 heavy (non-hydrogen) atoms.